The molecule has 8 aromatic carbocycles. The molecule has 0 aliphatic heterocycles. The minimum Gasteiger partial charge on any atom is -0.872 e. The molecule has 0 saturated carbocycles. The predicted octanol–water partition coefficient (Wildman–Crippen LogP) is 5.19. The fraction of sp³-hybridized carbons (Fsp3) is 0.278. The number of aromatic nitrogens is 6. The molecule has 10 rings (SSSR count). The molecule has 0 fully saturated rings. The summed E-state index contributed by atoms with van der Waals surface area (Å²) in [6, 6.07) is 42.9. The van der Waals surface area contributed by atoms with E-state index in [0.29, 0.717) is 24.2 Å². The zero-order valence-corrected chi connectivity index (χ0v) is 62.3. The molecule has 0 unspecified atom stereocenters. The van der Waals surface area contributed by atoms with Crippen molar-refractivity contribution in [2.45, 2.75) is 127 Å². The maximum Gasteiger partial charge on any atom is 1.00 e. The third kappa shape index (κ3) is 18.3. The number of nitrogens with zero attached hydrogens (tertiary/aromatic N) is 6. The molecule has 2 heterocycles. The Balaban J connectivity index is 0.00000589. The fourth-order valence-corrected chi connectivity index (χ4v) is 12.3. The maximum atomic E-state index is 13.7. The summed E-state index contributed by atoms with van der Waals surface area (Å²) in [5.41, 5.74) is 5.78. The van der Waals surface area contributed by atoms with E-state index >= 15 is 0 Å². The van der Waals surface area contributed by atoms with Crippen molar-refractivity contribution in [3.63, 3.8) is 0 Å². The maximum absolute atomic E-state index is 13.7. The molecule has 0 atom stereocenters. The summed E-state index contributed by atoms with van der Waals surface area (Å²) in [6.07, 6.45) is 3.55. The first-order valence-electron chi connectivity index (χ1n) is 30.8. The first-order chi connectivity index (χ1) is 44.1. The van der Waals surface area contributed by atoms with Crippen molar-refractivity contribution in [1.82, 2.24) is 29.9 Å². The molecular weight excluding hydrogens is 1270 g/mol. The molecule has 0 aliphatic rings. The van der Waals surface area contributed by atoms with Crippen LogP contribution in [0.4, 0.5) is 22.7 Å². The first kappa shape index (κ1) is 74.1. The van der Waals surface area contributed by atoms with Gasteiger partial charge in [-0.15, -0.1) is 11.5 Å². The third-order valence-electron chi connectivity index (χ3n) is 15.8. The van der Waals surface area contributed by atoms with E-state index in [1.54, 1.807) is 0 Å². The zero-order valence-electron chi connectivity index (χ0n) is 56.7. The van der Waals surface area contributed by atoms with Gasteiger partial charge in [0.05, 0.1) is 22.7 Å². The summed E-state index contributed by atoms with van der Waals surface area (Å²) in [6.45, 7) is 24.8. The van der Waals surface area contributed by atoms with E-state index in [4.69, 9.17) is 30.0 Å². The Hall–Kier alpha value is -7.74. The van der Waals surface area contributed by atoms with E-state index in [2.05, 4.69) is 29.9 Å². The van der Waals surface area contributed by atoms with Crippen LogP contribution in [0.5, 0.6) is 11.5 Å². The molecule has 24 heteroatoms. The van der Waals surface area contributed by atoms with Crippen LogP contribution in [0, 0.1) is 0 Å². The number of benzene rings is 8. The average Bonchev–Trinajstić information content (AvgIpc) is 0.800. The number of rotatable bonds is 14. The Labute approximate surface area is 602 Å². The second-order valence-electron chi connectivity index (χ2n) is 27.3. The van der Waals surface area contributed by atoms with Crippen LogP contribution in [0.1, 0.15) is 128 Å². The molecule has 0 spiro atoms. The average molecular weight is 1350 g/mol. The molecule has 0 bridgehead atoms. The molecule has 0 aliphatic carbocycles. The second-order valence-corrected chi connectivity index (χ2v) is 30.1. The minimum absolute atomic E-state index is 0. The first-order valence-corrected chi connectivity index (χ1v) is 33.6. The van der Waals surface area contributed by atoms with E-state index in [1.165, 1.54) is 36.4 Å². The number of H-pyrrole nitrogens is 6. The number of hydrogen-bond donors (Lipinski definition) is 8. The van der Waals surface area contributed by atoms with Crippen LogP contribution in [0.15, 0.2) is 185 Å². The van der Waals surface area contributed by atoms with Gasteiger partial charge in [0, 0.05) is 23.9 Å². The normalized spacial score (nSPS) is 13.9. The molecule has 2 aromatic heterocycles. The number of aromatic amines is 6. The van der Waals surface area contributed by atoms with Crippen LogP contribution < -0.4 is 103 Å². The Bertz CT molecular complexity index is 4910. The van der Waals surface area contributed by atoms with Crippen molar-refractivity contribution in [2.75, 3.05) is 13.1 Å². The predicted molar refractivity (Wildman–Crippen MR) is 364 cm³/mol. The summed E-state index contributed by atoms with van der Waals surface area (Å²) in [5.74, 6) is 0.0650. The largest absolute Gasteiger partial charge is 1.00 e. The van der Waals surface area contributed by atoms with Gasteiger partial charge in [-0.05, 0) is 126 Å². The van der Waals surface area contributed by atoms with Crippen molar-refractivity contribution < 1.29 is 95.3 Å². The summed E-state index contributed by atoms with van der Waals surface area (Å²) in [5, 5.41) is 31.0. The van der Waals surface area contributed by atoms with Crippen LogP contribution in [0.2, 0.25) is 0 Å². The van der Waals surface area contributed by atoms with Crippen LogP contribution in [-0.2, 0) is 54.7 Å². The number of hydrogen-bond acceptors (Lipinski definition) is 12. The minimum atomic E-state index is -4.96. The Morgan fingerprint density at radius 1 is 0.396 bits per heavy atom. The van der Waals surface area contributed by atoms with Crippen molar-refractivity contribution in [1.29, 1.82) is 0 Å². The standard InChI is InChI=1S/C72H80N12O8S2.2Na/c1-69(2,3)53-37-43(38-54(61(53)85)70(4,5)6)33-35-73-63-79-65(83-67(81-63)77-57-25-17-21-45-19-13-15-23-51(45)57)75-49-31-29-47(59(41-49)93(87,88)89)27-28-48-30-32-50(42-60(48)94(90,91)92)76-66-80-64(82-68(84-66)78-58-26-18-22-46-20-14-16-24-52(46)58)74-36-34-44-39-55(71(7,8)9)62(86)56(40-44)72(10,11)12;;/h13-32,37-42,85-86H,33-36H2,1-12H3,(H,87,88,89)(H,90,91,92)(H3,73,75,77,79,81,83)(H3,74,76,78,80,82,84);;/q;2*+1/p-2/b28-27+;;. The summed E-state index contributed by atoms with van der Waals surface area (Å²) in [4.78, 5) is 46.8. The van der Waals surface area contributed by atoms with Crippen molar-refractivity contribution in [3.8, 4) is 11.5 Å². The summed E-state index contributed by atoms with van der Waals surface area (Å²) in [7, 11) is -9.93. The van der Waals surface area contributed by atoms with E-state index in [-0.39, 0.29) is 140 Å². The van der Waals surface area contributed by atoms with Gasteiger partial charge >= 0.3 is 59.1 Å². The van der Waals surface area contributed by atoms with Crippen LogP contribution in [-0.4, -0.2) is 68.9 Å². The third-order valence-corrected chi connectivity index (χ3v) is 17.6. The van der Waals surface area contributed by atoms with E-state index in [9.17, 15) is 36.2 Å². The van der Waals surface area contributed by atoms with Crippen LogP contribution >= 0.6 is 0 Å². The summed E-state index contributed by atoms with van der Waals surface area (Å²) >= 11 is 0. The van der Waals surface area contributed by atoms with Gasteiger partial charge in [0.1, 0.15) is 9.79 Å². The summed E-state index contributed by atoms with van der Waals surface area (Å²) < 4.78 is 74.2. The quantitative estimate of drug-likeness (QED) is 0.0406. The van der Waals surface area contributed by atoms with Gasteiger partial charge < -0.3 is 10.2 Å². The zero-order chi connectivity index (χ0) is 67.7. The Morgan fingerprint density at radius 3 is 1.02 bits per heavy atom. The molecule has 8 N–H and O–H groups in total. The topological polar surface area (TPSA) is 324 Å². The fourth-order valence-electron chi connectivity index (χ4n) is 10.9. The monoisotopic (exact) mass is 1350 g/mol. The number of nitrogens with one attached hydrogen (secondary N) is 6. The molecule has 96 heavy (non-hydrogen) atoms. The van der Waals surface area contributed by atoms with Gasteiger partial charge in [0.25, 0.3) is 20.2 Å². The molecule has 0 radical (unpaired) electrons. The molecule has 10 aromatic rings. The van der Waals surface area contributed by atoms with Gasteiger partial charge in [-0.2, -0.15) is 16.8 Å². The van der Waals surface area contributed by atoms with Gasteiger partial charge in [-0.1, -0.05) is 204 Å². The van der Waals surface area contributed by atoms with Gasteiger partial charge in [-0.25, -0.2) is 20.0 Å². The van der Waals surface area contributed by atoms with Crippen molar-refractivity contribution >= 4 is 76.7 Å². The molecule has 0 saturated heterocycles. The van der Waals surface area contributed by atoms with Gasteiger partial charge in [0.2, 0.25) is 33.7 Å². The van der Waals surface area contributed by atoms with Gasteiger partial charge in [0.15, 0.2) is 0 Å². The second kappa shape index (κ2) is 29.5. The van der Waals surface area contributed by atoms with Crippen molar-refractivity contribution in [2.24, 2.45) is 30.0 Å². The molecule has 20 nitrogen and oxygen atoms in total. The molecule has 0 amide bonds. The van der Waals surface area contributed by atoms with E-state index in [1.807, 2.05) is 192 Å². The van der Waals surface area contributed by atoms with Gasteiger partial charge in [-0.3, -0.25) is 49.0 Å². The Kier molecular flexibility index (Phi) is 22.8. The van der Waals surface area contributed by atoms with E-state index in [0.717, 1.165) is 67.1 Å². The van der Waals surface area contributed by atoms with E-state index < -0.39 is 51.7 Å². The van der Waals surface area contributed by atoms with Crippen LogP contribution in [0.3, 0.4) is 0 Å². The van der Waals surface area contributed by atoms with Crippen molar-refractivity contribution in [3.05, 3.63) is 224 Å². The number of fused-ring (bicyclic) bond motifs is 2. The van der Waals surface area contributed by atoms with Crippen LogP contribution in [0.25, 0.3) is 33.7 Å². The smallest absolute Gasteiger partial charge is 0.872 e. The molecular formula is C72H78N12Na2O8S2. The molecule has 488 valence electrons. The Morgan fingerprint density at radius 2 is 0.698 bits per heavy atom. The SMILES string of the molecule is CC(C)(C)c1cc(CCN=c2[nH]c(=Nc3ccc(/C=C/c4ccc(N=c5[nH]c(=NCCc6cc(C(C)(C)C)c([O-])c(C(C)(C)C)c6)[nH]c(=Nc6cccc7ccccc67)[nH]5)cc4S(=O)(=O)O)c(S(=O)(=O)O)c3)[nH]c(=Nc3cccc4ccccc34)[nH]2)cc(C(C)(C)C)c1[O-].[Na+].[Na+].